The summed E-state index contributed by atoms with van der Waals surface area (Å²) in [6.07, 6.45) is 0. The molecule has 0 fully saturated rings. The number of rotatable bonds is 6. The van der Waals surface area contributed by atoms with E-state index >= 15 is 0 Å². The van der Waals surface area contributed by atoms with Gasteiger partial charge in [-0.1, -0.05) is 18.2 Å². The van der Waals surface area contributed by atoms with Crippen LogP contribution in [0.3, 0.4) is 0 Å². The summed E-state index contributed by atoms with van der Waals surface area (Å²) in [7, 11) is 1.61. The summed E-state index contributed by atoms with van der Waals surface area (Å²) in [5.74, 6) is 0.769. The first kappa shape index (κ1) is 16.0. The fourth-order valence-electron chi connectivity index (χ4n) is 2.49. The number of para-hydroxylation sites is 1. The van der Waals surface area contributed by atoms with Gasteiger partial charge in [0.25, 0.3) is 0 Å². The molecular formula is C16H16N8O2. The van der Waals surface area contributed by atoms with Gasteiger partial charge in [0.15, 0.2) is 11.3 Å². The van der Waals surface area contributed by atoms with Gasteiger partial charge in [0.2, 0.25) is 5.65 Å². The van der Waals surface area contributed by atoms with Crippen LogP contribution in [0.2, 0.25) is 0 Å². The van der Waals surface area contributed by atoms with Gasteiger partial charge in [-0.15, -0.1) is 10.2 Å². The number of benzene rings is 1. The van der Waals surface area contributed by atoms with Crippen LogP contribution in [0.15, 0.2) is 36.4 Å². The fraction of sp³-hybridized carbons (Fsp3) is 0.188. The van der Waals surface area contributed by atoms with E-state index in [-0.39, 0.29) is 6.61 Å². The molecule has 1 aromatic carbocycles. The smallest absolute Gasteiger partial charge is 0.207 e. The predicted molar refractivity (Wildman–Crippen MR) is 92.5 cm³/mol. The quantitative estimate of drug-likeness (QED) is 0.530. The monoisotopic (exact) mass is 352 g/mol. The minimum absolute atomic E-state index is 0.178. The minimum Gasteiger partial charge on any atom is -0.485 e. The van der Waals surface area contributed by atoms with Crippen LogP contribution in [0.1, 0.15) is 11.4 Å². The van der Waals surface area contributed by atoms with Gasteiger partial charge in [-0.05, 0) is 12.1 Å². The first-order chi connectivity index (χ1) is 12.7. The lowest BCUT2D eigenvalue weighted by atomic mass is 10.3. The van der Waals surface area contributed by atoms with Gasteiger partial charge in [-0.3, -0.25) is 0 Å². The average molecular weight is 352 g/mol. The number of H-pyrrole nitrogens is 1. The lowest BCUT2D eigenvalue weighted by Gasteiger charge is -2.06. The molecule has 0 aliphatic heterocycles. The second kappa shape index (κ2) is 6.76. The van der Waals surface area contributed by atoms with Crippen LogP contribution < -0.4 is 10.5 Å². The number of aromatic nitrogens is 7. The van der Waals surface area contributed by atoms with E-state index < -0.39 is 0 Å². The second-order valence-electron chi connectivity index (χ2n) is 5.48. The zero-order valence-corrected chi connectivity index (χ0v) is 14.0. The van der Waals surface area contributed by atoms with E-state index in [0.29, 0.717) is 40.7 Å². The standard InChI is InChI=1S/C16H16N8O2/c1-25-8-11-12(22-24(21-11)10-5-3-2-4-6-10)9-26-13-7-14(17)18-16-15(13)19-23-20-16/h2-7H,8-9H2,1H3,(H3,17,18,19,20,23). The molecule has 4 rings (SSSR count). The maximum Gasteiger partial charge on any atom is 0.207 e. The molecule has 0 bridgehead atoms. The Labute approximate surface area is 147 Å². The number of hydrogen-bond donors (Lipinski definition) is 2. The minimum atomic E-state index is 0.178. The number of aromatic amines is 1. The number of fused-ring (bicyclic) bond motifs is 1. The Hall–Kier alpha value is -3.53. The van der Waals surface area contributed by atoms with Crippen molar-refractivity contribution >= 4 is 17.0 Å². The van der Waals surface area contributed by atoms with E-state index in [1.165, 1.54) is 0 Å². The number of nitrogen functional groups attached to an aromatic ring is 1. The van der Waals surface area contributed by atoms with Gasteiger partial charge in [0.05, 0.1) is 12.3 Å². The second-order valence-corrected chi connectivity index (χ2v) is 5.48. The van der Waals surface area contributed by atoms with E-state index in [9.17, 15) is 0 Å². The van der Waals surface area contributed by atoms with Gasteiger partial charge in [-0.2, -0.15) is 20.2 Å². The molecule has 3 heterocycles. The van der Waals surface area contributed by atoms with Crippen LogP contribution in [0, 0.1) is 0 Å². The number of nitrogens with two attached hydrogens (primary N) is 1. The summed E-state index contributed by atoms with van der Waals surface area (Å²) in [5.41, 5.74) is 8.88. The molecule has 0 aliphatic carbocycles. The molecule has 0 unspecified atom stereocenters. The van der Waals surface area contributed by atoms with E-state index in [2.05, 4.69) is 30.6 Å². The maximum absolute atomic E-state index is 5.87. The molecule has 0 spiro atoms. The third kappa shape index (κ3) is 3.05. The fourth-order valence-corrected chi connectivity index (χ4v) is 2.49. The molecule has 0 amide bonds. The zero-order chi connectivity index (χ0) is 17.9. The number of ether oxygens (including phenoxy) is 2. The van der Waals surface area contributed by atoms with Crippen LogP contribution in [0.5, 0.6) is 5.75 Å². The molecule has 0 saturated carbocycles. The first-order valence-electron chi connectivity index (χ1n) is 7.84. The van der Waals surface area contributed by atoms with Crippen LogP contribution >= 0.6 is 0 Å². The van der Waals surface area contributed by atoms with Gasteiger partial charge in [-0.25, -0.2) is 4.98 Å². The van der Waals surface area contributed by atoms with Crippen molar-refractivity contribution in [3.05, 3.63) is 47.8 Å². The molecule has 0 aliphatic rings. The third-order valence-electron chi connectivity index (χ3n) is 3.67. The molecule has 132 valence electrons. The summed E-state index contributed by atoms with van der Waals surface area (Å²) >= 11 is 0. The summed E-state index contributed by atoms with van der Waals surface area (Å²) in [6.45, 7) is 0.500. The van der Waals surface area contributed by atoms with Gasteiger partial charge >= 0.3 is 0 Å². The highest BCUT2D eigenvalue weighted by atomic mass is 16.5. The molecule has 4 aromatic rings. The Kier molecular flexibility index (Phi) is 4.15. The Bertz CT molecular complexity index is 1030. The van der Waals surface area contributed by atoms with E-state index in [4.69, 9.17) is 15.2 Å². The number of hydrogen-bond acceptors (Lipinski definition) is 8. The Morgan fingerprint density at radius 1 is 1.08 bits per heavy atom. The van der Waals surface area contributed by atoms with Gasteiger partial charge in [0.1, 0.15) is 23.8 Å². The Morgan fingerprint density at radius 3 is 2.62 bits per heavy atom. The summed E-state index contributed by atoms with van der Waals surface area (Å²) in [4.78, 5) is 5.64. The zero-order valence-electron chi connectivity index (χ0n) is 14.0. The van der Waals surface area contributed by atoms with Crippen LogP contribution in [-0.4, -0.2) is 42.5 Å². The molecule has 26 heavy (non-hydrogen) atoms. The van der Waals surface area contributed by atoms with Crippen molar-refractivity contribution in [2.45, 2.75) is 13.2 Å². The molecule has 3 N–H and O–H groups in total. The molecule has 0 atom stereocenters. The molecule has 0 saturated heterocycles. The molecule has 10 heteroatoms. The summed E-state index contributed by atoms with van der Waals surface area (Å²) < 4.78 is 11.1. The van der Waals surface area contributed by atoms with Crippen molar-refractivity contribution in [3.63, 3.8) is 0 Å². The number of methoxy groups -OCH3 is 1. The SMILES string of the molecule is COCc1nn(-c2ccccc2)nc1COc1cc(N)nc2n[nH]nc12. The topological polar surface area (TPSA) is 130 Å². The van der Waals surface area contributed by atoms with Crippen molar-refractivity contribution in [1.82, 2.24) is 35.4 Å². The number of pyridine rings is 1. The third-order valence-corrected chi connectivity index (χ3v) is 3.67. The number of anilines is 1. The normalized spacial score (nSPS) is 11.1. The van der Waals surface area contributed by atoms with Crippen LogP contribution in [0.4, 0.5) is 5.82 Å². The largest absolute Gasteiger partial charge is 0.485 e. The van der Waals surface area contributed by atoms with Gasteiger partial charge in [0, 0.05) is 13.2 Å². The average Bonchev–Trinajstić information content (AvgIpc) is 3.28. The highest BCUT2D eigenvalue weighted by molar-refractivity contribution is 5.78. The lowest BCUT2D eigenvalue weighted by molar-refractivity contribution is 0.178. The maximum atomic E-state index is 5.87. The van der Waals surface area contributed by atoms with Gasteiger partial charge < -0.3 is 15.2 Å². The van der Waals surface area contributed by atoms with Crippen LogP contribution in [0.25, 0.3) is 16.9 Å². The van der Waals surface area contributed by atoms with E-state index in [1.807, 2.05) is 30.3 Å². The highest BCUT2D eigenvalue weighted by Gasteiger charge is 2.15. The predicted octanol–water partition coefficient (Wildman–Crippen LogP) is 1.24. The van der Waals surface area contributed by atoms with Crippen molar-refractivity contribution in [2.24, 2.45) is 0 Å². The lowest BCUT2D eigenvalue weighted by Crippen LogP contribution is -2.03. The molecule has 10 nitrogen and oxygen atoms in total. The van der Waals surface area contributed by atoms with E-state index in [0.717, 1.165) is 5.69 Å². The molecule has 3 aromatic heterocycles. The molecular weight excluding hydrogens is 336 g/mol. The van der Waals surface area contributed by atoms with Crippen molar-refractivity contribution in [3.8, 4) is 11.4 Å². The summed E-state index contributed by atoms with van der Waals surface area (Å²) in [5, 5.41) is 19.5. The van der Waals surface area contributed by atoms with Crippen molar-refractivity contribution < 1.29 is 9.47 Å². The summed E-state index contributed by atoms with van der Waals surface area (Å²) in [6, 6.07) is 11.2. The van der Waals surface area contributed by atoms with E-state index in [1.54, 1.807) is 18.0 Å². The first-order valence-corrected chi connectivity index (χ1v) is 7.84. The molecule has 0 radical (unpaired) electrons. The number of nitrogens with one attached hydrogen (secondary N) is 1. The highest BCUT2D eigenvalue weighted by Crippen LogP contribution is 2.24. The van der Waals surface area contributed by atoms with Crippen LogP contribution in [-0.2, 0) is 18.0 Å². The van der Waals surface area contributed by atoms with Crippen molar-refractivity contribution in [1.29, 1.82) is 0 Å². The Morgan fingerprint density at radius 2 is 1.85 bits per heavy atom. The number of nitrogens with zero attached hydrogens (tertiary/aromatic N) is 6. The Balaban J connectivity index is 1.63. The van der Waals surface area contributed by atoms with Crippen molar-refractivity contribution in [2.75, 3.05) is 12.8 Å².